The molecule has 168 valence electrons. The zero-order chi connectivity index (χ0) is 21.3. The van der Waals surface area contributed by atoms with Crippen molar-refractivity contribution < 1.29 is 9.90 Å². The highest BCUT2D eigenvalue weighted by Gasteiger charge is 2.32. The van der Waals surface area contributed by atoms with Crippen molar-refractivity contribution in [3.05, 3.63) is 35.9 Å². The third-order valence-electron chi connectivity index (χ3n) is 7.58. The van der Waals surface area contributed by atoms with Crippen molar-refractivity contribution in [3.63, 3.8) is 0 Å². The van der Waals surface area contributed by atoms with Gasteiger partial charge in [0.2, 0.25) is 0 Å². The summed E-state index contributed by atoms with van der Waals surface area (Å²) in [6.45, 7) is 7.81. The molecule has 4 heteroatoms. The number of likely N-dealkylation sites (tertiary alicyclic amines) is 1. The van der Waals surface area contributed by atoms with E-state index in [2.05, 4.69) is 47.5 Å². The van der Waals surface area contributed by atoms with Crippen LogP contribution in [0.15, 0.2) is 30.3 Å². The predicted molar refractivity (Wildman–Crippen MR) is 124 cm³/mol. The van der Waals surface area contributed by atoms with Crippen LogP contribution in [0.4, 0.5) is 0 Å². The second-order valence-corrected chi connectivity index (χ2v) is 9.87. The van der Waals surface area contributed by atoms with Crippen molar-refractivity contribution >= 4 is 5.97 Å². The molecule has 1 aliphatic carbocycles. The maximum Gasteiger partial charge on any atom is 0.320 e. The molecule has 1 aliphatic heterocycles. The first-order valence-electron chi connectivity index (χ1n) is 12.3. The number of hydrogen-bond donors (Lipinski definition) is 2. The van der Waals surface area contributed by atoms with E-state index in [4.69, 9.17) is 0 Å². The van der Waals surface area contributed by atoms with Crippen molar-refractivity contribution in [2.24, 2.45) is 17.8 Å². The Balaban J connectivity index is 1.32. The summed E-state index contributed by atoms with van der Waals surface area (Å²) in [5, 5.41) is 13.0. The zero-order valence-electron chi connectivity index (χ0n) is 19.1. The molecule has 0 radical (unpaired) electrons. The first-order chi connectivity index (χ1) is 14.5. The smallest absolute Gasteiger partial charge is 0.320 e. The van der Waals surface area contributed by atoms with Gasteiger partial charge in [-0.05, 0) is 81.4 Å². The van der Waals surface area contributed by atoms with Crippen LogP contribution in [0.5, 0.6) is 0 Å². The standard InChI is InChI=1S/C26H42N2O2/c1-3-20(2)25(26(29)30)27-24-13-12-23(18-24)19-28-16-14-22(15-17-28)11-7-10-21-8-5-4-6-9-21/h4-6,8-9,20,22-25,27H,3,7,10-19H2,1-2H3,(H,29,30)/t20?,23-,24?,25?/m1/s1. The average molecular weight is 415 g/mol. The number of benzene rings is 1. The largest absolute Gasteiger partial charge is 0.480 e. The van der Waals surface area contributed by atoms with Crippen LogP contribution >= 0.6 is 0 Å². The Morgan fingerprint density at radius 3 is 2.53 bits per heavy atom. The first kappa shape index (κ1) is 23.3. The van der Waals surface area contributed by atoms with E-state index in [0.29, 0.717) is 6.04 Å². The third-order valence-corrected chi connectivity index (χ3v) is 7.58. The lowest BCUT2D eigenvalue weighted by Crippen LogP contribution is -2.46. The van der Waals surface area contributed by atoms with E-state index in [1.165, 1.54) is 63.7 Å². The minimum Gasteiger partial charge on any atom is -0.480 e. The van der Waals surface area contributed by atoms with E-state index in [-0.39, 0.29) is 5.92 Å². The number of carboxylic acid groups (broad SMARTS) is 1. The highest BCUT2D eigenvalue weighted by molar-refractivity contribution is 5.73. The number of aliphatic carboxylic acids is 1. The molecule has 1 heterocycles. The normalized spacial score (nSPS) is 25.3. The second-order valence-electron chi connectivity index (χ2n) is 9.87. The van der Waals surface area contributed by atoms with Crippen LogP contribution in [0.25, 0.3) is 0 Å². The number of nitrogens with zero attached hydrogens (tertiary/aromatic N) is 1. The number of hydrogen-bond acceptors (Lipinski definition) is 3. The van der Waals surface area contributed by atoms with Crippen molar-refractivity contribution in [3.8, 4) is 0 Å². The summed E-state index contributed by atoms with van der Waals surface area (Å²) >= 11 is 0. The molecule has 3 rings (SSSR count). The summed E-state index contributed by atoms with van der Waals surface area (Å²) in [7, 11) is 0. The van der Waals surface area contributed by atoms with Gasteiger partial charge in [0.25, 0.3) is 0 Å². The molecule has 1 aromatic carbocycles. The van der Waals surface area contributed by atoms with Gasteiger partial charge < -0.3 is 15.3 Å². The maximum absolute atomic E-state index is 11.6. The number of piperidine rings is 1. The summed E-state index contributed by atoms with van der Waals surface area (Å²) in [6, 6.07) is 10.8. The minimum absolute atomic E-state index is 0.183. The van der Waals surface area contributed by atoms with Crippen LogP contribution in [0.2, 0.25) is 0 Å². The molecule has 1 saturated heterocycles. The lowest BCUT2D eigenvalue weighted by molar-refractivity contribution is -0.141. The van der Waals surface area contributed by atoms with Gasteiger partial charge in [0.1, 0.15) is 6.04 Å². The summed E-state index contributed by atoms with van der Waals surface area (Å²) < 4.78 is 0. The number of nitrogens with one attached hydrogen (secondary N) is 1. The summed E-state index contributed by atoms with van der Waals surface area (Å²) in [4.78, 5) is 14.3. The van der Waals surface area contributed by atoms with E-state index in [0.717, 1.165) is 31.1 Å². The highest BCUT2D eigenvalue weighted by Crippen LogP contribution is 2.30. The fourth-order valence-electron chi connectivity index (χ4n) is 5.42. The molecule has 1 saturated carbocycles. The van der Waals surface area contributed by atoms with Gasteiger partial charge in [-0.15, -0.1) is 0 Å². The summed E-state index contributed by atoms with van der Waals surface area (Å²) in [6.07, 6.45) is 11.0. The van der Waals surface area contributed by atoms with Gasteiger partial charge in [0.15, 0.2) is 0 Å². The van der Waals surface area contributed by atoms with Gasteiger partial charge in [-0.25, -0.2) is 0 Å². The molecule has 0 aromatic heterocycles. The molecule has 4 nitrogen and oxygen atoms in total. The van der Waals surface area contributed by atoms with Gasteiger partial charge in [0, 0.05) is 12.6 Å². The quantitative estimate of drug-likeness (QED) is 0.536. The average Bonchev–Trinajstić information content (AvgIpc) is 3.20. The highest BCUT2D eigenvalue weighted by atomic mass is 16.4. The first-order valence-corrected chi connectivity index (χ1v) is 12.3. The molecule has 4 atom stereocenters. The molecule has 30 heavy (non-hydrogen) atoms. The van der Waals surface area contributed by atoms with Crippen LogP contribution < -0.4 is 5.32 Å². The van der Waals surface area contributed by atoms with Crippen LogP contribution in [0.3, 0.4) is 0 Å². The van der Waals surface area contributed by atoms with Crippen LogP contribution in [-0.4, -0.2) is 47.7 Å². The summed E-state index contributed by atoms with van der Waals surface area (Å²) in [5.74, 6) is 1.11. The van der Waals surface area contributed by atoms with E-state index in [1.54, 1.807) is 0 Å². The fourth-order valence-corrected chi connectivity index (χ4v) is 5.42. The van der Waals surface area contributed by atoms with E-state index < -0.39 is 12.0 Å². The molecule has 3 unspecified atom stereocenters. The lowest BCUT2D eigenvalue weighted by Gasteiger charge is -2.33. The lowest BCUT2D eigenvalue weighted by atomic mass is 9.90. The topological polar surface area (TPSA) is 52.6 Å². The Morgan fingerprint density at radius 1 is 1.13 bits per heavy atom. The molecule has 1 aromatic rings. The van der Waals surface area contributed by atoms with E-state index >= 15 is 0 Å². The Hall–Kier alpha value is -1.39. The maximum atomic E-state index is 11.6. The van der Waals surface area contributed by atoms with Gasteiger partial charge in [-0.2, -0.15) is 0 Å². The minimum atomic E-state index is -0.692. The molecule has 0 spiro atoms. The van der Waals surface area contributed by atoms with Crippen molar-refractivity contribution in [2.75, 3.05) is 19.6 Å². The van der Waals surface area contributed by atoms with Gasteiger partial charge in [-0.3, -0.25) is 4.79 Å². The van der Waals surface area contributed by atoms with Crippen molar-refractivity contribution in [1.29, 1.82) is 0 Å². The van der Waals surface area contributed by atoms with Crippen molar-refractivity contribution in [1.82, 2.24) is 10.2 Å². The molecule has 0 bridgehead atoms. The van der Waals surface area contributed by atoms with Crippen LogP contribution in [0.1, 0.15) is 70.8 Å². The fraction of sp³-hybridized carbons (Fsp3) is 0.731. The molecule has 0 amide bonds. The van der Waals surface area contributed by atoms with Gasteiger partial charge >= 0.3 is 5.97 Å². The van der Waals surface area contributed by atoms with Crippen LogP contribution in [0, 0.1) is 17.8 Å². The third kappa shape index (κ3) is 7.09. The van der Waals surface area contributed by atoms with Crippen LogP contribution in [-0.2, 0) is 11.2 Å². The molecule has 2 fully saturated rings. The predicted octanol–water partition coefficient (Wildman–Crippen LogP) is 4.98. The zero-order valence-corrected chi connectivity index (χ0v) is 19.1. The molecular weight excluding hydrogens is 372 g/mol. The second kappa shape index (κ2) is 11.9. The Labute approximate surface area is 183 Å². The van der Waals surface area contributed by atoms with E-state index in [9.17, 15) is 9.90 Å². The number of aryl methyl sites for hydroxylation is 1. The number of rotatable bonds is 11. The van der Waals surface area contributed by atoms with E-state index in [1.807, 2.05) is 6.92 Å². The monoisotopic (exact) mass is 414 g/mol. The van der Waals surface area contributed by atoms with Crippen molar-refractivity contribution in [2.45, 2.75) is 83.7 Å². The Bertz CT molecular complexity index is 627. The molecule has 2 N–H and O–H groups in total. The number of carboxylic acids is 1. The summed E-state index contributed by atoms with van der Waals surface area (Å²) in [5.41, 5.74) is 1.47. The molecule has 2 aliphatic rings. The Kier molecular flexibility index (Phi) is 9.20. The van der Waals surface area contributed by atoms with Gasteiger partial charge in [0.05, 0.1) is 0 Å². The SMILES string of the molecule is CCC(C)C(NC1CC[C@@H](CN2CCC(CCCc3ccccc3)CC2)C1)C(=O)O. The Morgan fingerprint density at radius 2 is 1.87 bits per heavy atom. The number of carbonyl (C=O) groups is 1. The molecular formula is C26H42N2O2. The van der Waals surface area contributed by atoms with Gasteiger partial charge in [-0.1, -0.05) is 57.0 Å².